The first-order valence-corrected chi connectivity index (χ1v) is 6.68. The van der Waals surface area contributed by atoms with Gasteiger partial charge < -0.3 is 16.0 Å². The van der Waals surface area contributed by atoms with E-state index in [1.165, 1.54) is 18.2 Å². The van der Waals surface area contributed by atoms with E-state index in [1.807, 2.05) is 0 Å². The lowest BCUT2D eigenvalue weighted by atomic mass is 10.0. The second kappa shape index (κ2) is 6.02. The van der Waals surface area contributed by atoms with Crippen LogP contribution < -0.4 is 11.1 Å². The summed E-state index contributed by atoms with van der Waals surface area (Å²) in [5.74, 6) is -0.930. The molecule has 0 bridgehead atoms. The number of halogens is 1. The normalized spacial score (nSPS) is 20.2. The lowest BCUT2D eigenvalue weighted by molar-refractivity contribution is 0.0902. The summed E-state index contributed by atoms with van der Waals surface area (Å²) in [5, 5.41) is 2.90. The van der Waals surface area contributed by atoms with Crippen molar-refractivity contribution < 1.29 is 9.18 Å². The zero-order chi connectivity index (χ0) is 13.8. The number of nitrogens with zero attached hydrogens (tertiary/aromatic N) is 1. The second-order valence-electron chi connectivity index (χ2n) is 4.95. The first-order valence-electron chi connectivity index (χ1n) is 6.68. The number of likely N-dealkylation sites (tertiary alicyclic amines) is 1. The number of likely N-dealkylation sites (N-methyl/N-ethyl adjacent to an activating group) is 1. The van der Waals surface area contributed by atoms with E-state index in [-0.39, 0.29) is 17.5 Å². The first-order chi connectivity index (χ1) is 9.10. The molecule has 19 heavy (non-hydrogen) atoms. The number of carbonyl (C=O) groups excluding carboxylic acids is 1. The van der Waals surface area contributed by atoms with E-state index in [0.717, 1.165) is 32.5 Å². The molecule has 1 aliphatic heterocycles. The Hall–Kier alpha value is -1.62. The molecule has 5 heteroatoms. The van der Waals surface area contributed by atoms with Crippen LogP contribution >= 0.6 is 0 Å². The van der Waals surface area contributed by atoms with Crippen molar-refractivity contribution in [2.45, 2.75) is 25.8 Å². The number of nitrogen functional groups attached to an aromatic ring is 1. The van der Waals surface area contributed by atoms with Gasteiger partial charge in [0.15, 0.2) is 0 Å². The fourth-order valence-corrected chi connectivity index (χ4v) is 2.44. The summed E-state index contributed by atoms with van der Waals surface area (Å²) in [6, 6.07) is 4.24. The molecule has 0 aromatic heterocycles. The molecule has 1 aliphatic rings. The van der Waals surface area contributed by atoms with Gasteiger partial charge in [0.05, 0.1) is 5.56 Å². The molecule has 0 spiro atoms. The van der Waals surface area contributed by atoms with Gasteiger partial charge in [-0.1, -0.05) is 6.92 Å². The van der Waals surface area contributed by atoms with Crippen molar-refractivity contribution >= 4 is 11.6 Å². The van der Waals surface area contributed by atoms with E-state index in [4.69, 9.17) is 5.73 Å². The summed E-state index contributed by atoms with van der Waals surface area (Å²) in [5.41, 5.74) is 5.85. The van der Waals surface area contributed by atoms with Gasteiger partial charge in [-0.3, -0.25) is 4.79 Å². The molecular weight excluding hydrogens is 245 g/mol. The van der Waals surface area contributed by atoms with Crippen molar-refractivity contribution in [3.8, 4) is 0 Å². The minimum absolute atomic E-state index is 0.0582. The fraction of sp³-hybridized carbons (Fsp3) is 0.500. The average molecular weight is 265 g/mol. The number of hydrogen-bond donors (Lipinski definition) is 2. The minimum Gasteiger partial charge on any atom is -0.399 e. The zero-order valence-electron chi connectivity index (χ0n) is 11.2. The number of nitrogens with one attached hydrogen (secondary N) is 1. The molecule has 0 aliphatic carbocycles. The molecule has 1 atom stereocenters. The highest BCUT2D eigenvalue weighted by Crippen LogP contribution is 2.14. The van der Waals surface area contributed by atoms with Crippen molar-refractivity contribution in [1.29, 1.82) is 0 Å². The Morgan fingerprint density at radius 3 is 3.05 bits per heavy atom. The van der Waals surface area contributed by atoms with Crippen LogP contribution in [0.2, 0.25) is 0 Å². The number of carbonyl (C=O) groups is 1. The maximum atomic E-state index is 13.6. The van der Waals surface area contributed by atoms with Crippen molar-refractivity contribution in [3.63, 3.8) is 0 Å². The molecule has 1 unspecified atom stereocenters. The van der Waals surface area contributed by atoms with Crippen LogP contribution in [0.15, 0.2) is 18.2 Å². The van der Waals surface area contributed by atoms with Crippen molar-refractivity contribution in [2.24, 2.45) is 0 Å². The Morgan fingerprint density at radius 1 is 1.58 bits per heavy atom. The predicted molar refractivity (Wildman–Crippen MR) is 73.4 cm³/mol. The third kappa shape index (κ3) is 3.44. The molecule has 4 nitrogen and oxygen atoms in total. The van der Waals surface area contributed by atoms with Gasteiger partial charge in [0.25, 0.3) is 5.91 Å². The standard InChI is InChI=1S/C14H20FN3O/c1-2-18-7-3-4-11(9-18)17-14(19)12-6-5-10(16)8-13(12)15/h5-6,8,11H,2-4,7,9,16H2,1H3,(H,17,19). The Bertz CT molecular complexity index is 464. The van der Waals surface area contributed by atoms with E-state index in [1.54, 1.807) is 0 Å². The van der Waals surface area contributed by atoms with Crippen LogP contribution in [0, 0.1) is 5.82 Å². The van der Waals surface area contributed by atoms with Gasteiger partial charge in [0.1, 0.15) is 5.82 Å². The third-order valence-electron chi connectivity index (χ3n) is 3.53. The number of anilines is 1. The highest BCUT2D eigenvalue weighted by molar-refractivity contribution is 5.95. The molecule has 1 amide bonds. The molecule has 0 radical (unpaired) electrons. The second-order valence-corrected chi connectivity index (χ2v) is 4.95. The monoisotopic (exact) mass is 265 g/mol. The number of benzene rings is 1. The lowest BCUT2D eigenvalue weighted by Gasteiger charge is -2.32. The smallest absolute Gasteiger partial charge is 0.254 e. The molecule has 104 valence electrons. The minimum atomic E-state index is -0.569. The average Bonchev–Trinajstić information content (AvgIpc) is 2.38. The van der Waals surface area contributed by atoms with Crippen LogP contribution in [-0.2, 0) is 0 Å². The van der Waals surface area contributed by atoms with E-state index in [0.29, 0.717) is 5.69 Å². The Balaban J connectivity index is 2.00. The van der Waals surface area contributed by atoms with Gasteiger partial charge in [-0.05, 0) is 44.1 Å². The maximum absolute atomic E-state index is 13.6. The molecule has 1 fully saturated rings. The van der Waals surface area contributed by atoms with Gasteiger partial charge in [-0.15, -0.1) is 0 Å². The molecule has 2 rings (SSSR count). The van der Waals surface area contributed by atoms with Crippen LogP contribution in [0.3, 0.4) is 0 Å². The zero-order valence-corrected chi connectivity index (χ0v) is 11.2. The Kier molecular flexibility index (Phi) is 4.37. The van der Waals surface area contributed by atoms with Crippen LogP contribution in [0.5, 0.6) is 0 Å². The van der Waals surface area contributed by atoms with Gasteiger partial charge in [0.2, 0.25) is 0 Å². The van der Waals surface area contributed by atoms with Gasteiger partial charge in [0, 0.05) is 18.3 Å². The number of hydrogen-bond acceptors (Lipinski definition) is 3. The van der Waals surface area contributed by atoms with E-state index < -0.39 is 5.82 Å². The highest BCUT2D eigenvalue weighted by atomic mass is 19.1. The van der Waals surface area contributed by atoms with Crippen LogP contribution in [0.4, 0.5) is 10.1 Å². The van der Waals surface area contributed by atoms with Gasteiger partial charge in [-0.2, -0.15) is 0 Å². The summed E-state index contributed by atoms with van der Waals surface area (Å²) in [6.45, 7) is 4.98. The number of nitrogens with two attached hydrogens (primary N) is 1. The largest absolute Gasteiger partial charge is 0.399 e. The molecular formula is C14H20FN3O. The van der Waals surface area contributed by atoms with Crippen LogP contribution in [-0.4, -0.2) is 36.5 Å². The Labute approximate surface area is 112 Å². The van der Waals surface area contributed by atoms with Crippen molar-refractivity contribution in [3.05, 3.63) is 29.6 Å². The topological polar surface area (TPSA) is 58.4 Å². The maximum Gasteiger partial charge on any atom is 0.254 e. The summed E-state index contributed by atoms with van der Waals surface area (Å²) < 4.78 is 13.6. The molecule has 1 aromatic rings. The summed E-state index contributed by atoms with van der Waals surface area (Å²) in [7, 11) is 0. The molecule has 1 aromatic carbocycles. The van der Waals surface area contributed by atoms with E-state index >= 15 is 0 Å². The number of rotatable bonds is 3. The molecule has 1 saturated heterocycles. The SMILES string of the molecule is CCN1CCCC(NC(=O)c2ccc(N)cc2F)C1. The predicted octanol–water partition coefficient (Wildman–Crippen LogP) is 1.62. The lowest BCUT2D eigenvalue weighted by Crippen LogP contribution is -2.47. The van der Waals surface area contributed by atoms with Crippen LogP contribution in [0.1, 0.15) is 30.1 Å². The van der Waals surface area contributed by atoms with Crippen molar-refractivity contribution in [2.75, 3.05) is 25.4 Å². The summed E-state index contributed by atoms with van der Waals surface area (Å²) in [4.78, 5) is 14.3. The summed E-state index contributed by atoms with van der Waals surface area (Å²) in [6.07, 6.45) is 2.00. The first kappa shape index (κ1) is 13.8. The third-order valence-corrected chi connectivity index (χ3v) is 3.53. The number of amides is 1. The van der Waals surface area contributed by atoms with E-state index in [2.05, 4.69) is 17.1 Å². The quantitative estimate of drug-likeness (QED) is 0.817. The molecule has 3 N–H and O–H groups in total. The number of piperidine rings is 1. The van der Waals surface area contributed by atoms with Gasteiger partial charge in [-0.25, -0.2) is 4.39 Å². The fourth-order valence-electron chi connectivity index (χ4n) is 2.44. The molecule has 1 heterocycles. The van der Waals surface area contributed by atoms with Gasteiger partial charge >= 0.3 is 0 Å². The highest BCUT2D eigenvalue weighted by Gasteiger charge is 2.21. The van der Waals surface area contributed by atoms with E-state index in [9.17, 15) is 9.18 Å². The summed E-state index contributed by atoms with van der Waals surface area (Å²) >= 11 is 0. The molecule has 0 saturated carbocycles. The Morgan fingerprint density at radius 2 is 2.37 bits per heavy atom. The van der Waals surface area contributed by atoms with Crippen LogP contribution in [0.25, 0.3) is 0 Å². The van der Waals surface area contributed by atoms with Crippen molar-refractivity contribution in [1.82, 2.24) is 10.2 Å².